The maximum Gasteiger partial charge on any atom is 0.142 e. The van der Waals surface area contributed by atoms with Gasteiger partial charge in [-0.05, 0) is 42.0 Å². The molecule has 19 heavy (non-hydrogen) atoms. The highest BCUT2D eigenvalue weighted by Crippen LogP contribution is 2.16. The summed E-state index contributed by atoms with van der Waals surface area (Å²) < 4.78 is 14.7. The third-order valence-corrected chi connectivity index (χ3v) is 3.57. The fraction of sp³-hybridized carbons (Fsp3) is 0. The van der Waals surface area contributed by atoms with E-state index in [4.69, 9.17) is 23.2 Å². The van der Waals surface area contributed by atoms with Gasteiger partial charge in [0.15, 0.2) is 0 Å². The van der Waals surface area contributed by atoms with Crippen molar-refractivity contribution < 1.29 is 4.21 Å². The third-order valence-electron chi connectivity index (χ3n) is 2.28. The van der Waals surface area contributed by atoms with Crippen molar-refractivity contribution in [3.63, 3.8) is 0 Å². The Bertz CT molecular complexity index is 628. The van der Waals surface area contributed by atoms with Gasteiger partial charge in [0, 0.05) is 21.1 Å². The molecule has 0 saturated carbocycles. The van der Waals surface area contributed by atoms with Crippen molar-refractivity contribution in [1.82, 2.24) is 0 Å². The molecule has 2 aromatic rings. The molecule has 0 aliphatic heterocycles. The molecule has 0 radical (unpaired) electrons. The topological polar surface area (TPSA) is 29.1 Å². The monoisotopic (exact) mass is 311 g/mol. The molecule has 0 heterocycles. The zero-order valence-electron chi connectivity index (χ0n) is 9.85. The number of hydrogen-bond donors (Lipinski definition) is 1. The van der Waals surface area contributed by atoms with Gasteiger partial charge in [-0.3, -0.25) is 0 Å². The lowest BCUT2D eigenvalue weighted by Crippen LogP contribution is -1.99. The van der Waals surface area contributed by atoms with Crippen LogP contribution in [0.15, 0.2) is 53.9 Å². The summed E-state index contributed by atoms with van der Waals surface area (Å²) in [6, 6.07) is 14.4. The average molecular weight is 312 g/mol. The highest BCUT2D eigenvalue weighted by Gasteiger charge is 1.97. The van der Waals surface area contributed by atoms with Crippen LogP contribution in [-0.4, -0.2) is 4.21 Å². The fourth-order valence-electron chi connectivity index (χ4n) is 1.45. The maximum atomic E-state index is 11.8. The number of nitrogens with one attached hydrogen (secondary N) is 1. The van der Waals surface area contributed by atoms with E-state index < -0.39 is 11.0 Å². The minimum atomic E-state index is -1.32. The lowest BCUT2D eigenvalue weighted by atomic mass is 10.2. The highest BCUT2D eigenvalue weighted by molar-refractivity contribution is 7.89. The van der Waals surface area contributed by atoms with Crippen molar-refractivity contribution in [3.8, 4) is 0 Å². The molecule has 2 aromatic carbocycles. The maximum absolute atomic E-state index is 11.8. The van der Waals surface area contributed by atoms with E-state index in [0.29, 0.717) is 15.7 Å². The van der Waals surface area contributed by atoms with Gasteiger partial charge in [-0.25, -0.2) is 4.21 Å². The Balaban J connectivity index is 2.01. The van der Waals surface area contributed by atoms with Crippen LogP contribution in [0.4, 0.5) is 5.69 Å². The second-order valence-electron chi connectivity index (χ2n) is 3.77. The summed E-state index contributed by atoms with van der Waals surface area (Å²) in [7, 11) is -1.32. The molecule has 0 aromatic heterocycles. The van der Waals surface area contributed by atoms with Crippen LogP contribution in [-0.2, 0) is 11.0 Å². The summed E-state index contributed by atoms with van der Waals surface area (Å²) >= 11 is 11.7. The van der Waals surface area contributed by atoms with Crippen molar-refractivity contribution in [2.75, 3.05) is 4.72 Å². The molecule has 0 spiro atoms. The second-order valence-corrected chi connectivity index (χ2v) is 5.71. The average Bonchev–Trinajstić information content (AvgIpc) is 2.36. The number of rotatable bonds is 4. The standard InChI is InChI=1S/C14H11Cl2NOS/c15-12-4-1-3-11(9-12)7-8-19(18)17-14-6-2-5-13(16)10-14/h1-10,17H. The van der Waals surface area contributed by atoms with Crippen LogP contribution in [0.25, 0.3) is 6.08 Å². The quantitative estimate of drug-likeness (QED) is 0.868. The van der Waals surface area contributed by atoms with Crippen LogP contribution in [0.3, 0.4) is 0 Å². The summed E-state index contributed by atoms with van der Waals surface area (Å²) in [4.78, 5) is 0. The molecule has 0 aliphatic rings. The Morgan fingerprint density at radius 2 is 1.68 bits per heavy atom. The van der Waals surface area contributed by atoms with Gasteiger partial charge in [-0.15, -0.1) is 0 Å². The van der Waals surface area contributed by atoms with Gasteiger partial charge in [0.1, 0.15) is 11.0 Å². The van der Waals surface area contributed by atoms with E-state index in [9.17, 15) is 4.21 Å². The molecule has 0 saturated heterocycles. The Labute approximate surface area is 124 Å². The molecular weight excluding hydrogens is 301 g/mol. The van der Waals surface area contributed by atoms with E-state index in [2.05, 4.69) is 4.72 Å². The van der Waals surface area contributed by atoms with Crippen LogP contribution in [0.1, 0.15) is 5.56 Å². The summed E-state index contributed by atoms with van der Waals surface area (Å²) in [6.07, 6.45) is 1.75. The molecule has 1 N–H and O–H groups in total. The number of anilines is 1. The molecular formula is C14H11Cl2NOS. The SMILES string of the molecule is O=S(C=Cc1cccc(Cl)c1)Nc1cccc(Cl)c1. The Hall–Kier alpha value is -1.29. The second kappa shape index (κ2) is 6.75. The number of benzene rings is 2. The molecule has 0 bridgehead atoms. The Kier molecular flexibility index (Phi) is 5.02. The van der Waals surface area contributed by atoms with E-state index in [0.717, 1.165) is 5.56 Å². The molecule has 1 atom stereocenters. The van der Waals surface area contributed by atoms with Crippen molar-refractivity contribution in [2.45, 2.75) is 0 Å². The van der Waals surface area contributed by atoms with Crippen LogP contribution >= 0.6 is 23.2 Å². The molecule has 5 heteroatoms. The molecule has 98 valence electrons. The van der Waals surface area contributed by atoms with E-state index in [1.165, 1.54) is 0 Å². The summed E-state index contributed by atoms with van der Waals surface area (Å²) in [5, 5.41) is 2.81. The van der Waals surface area contributed by atoms with Crippen molar-refractivity contribution in [2.24, 2.45) is 0 Å². The first-order valence-electron chi connectivity index (χ1n) is 5.50. The predicted molar refractivity (Wildman–Crippen MR) is 83.7 cm³/mol. The van der Waals surface area contributed by atoms with Gasteiger partial charge >= 0.3 is 0 Å². The molecule has 2 nitrogen and oxygen atoms in total. The number of hydrogen-bond acceptors (Lipinski definition) is 1. The minimum Gasteiger partial charge on any atom is -0.302 e. The predicted octanol–water partition coefficient (Wildman–Crippen LogP) is 4.74. The van der Waals surface area contributed by atoms with Crippen LogP contribution in [0.2, 0.25) is 10.0 Å². The highest BCUT2D eigenvalue weighted by atomic mass is 35.5. The van der Waals surface area contributed by atoms with Crippen LogP contribution in [0, 0.1) is 0 Å². The zero-order chi connectivity index (χ0) is 13.7. The first kappa shape index (κ1) is 14.1. The van der Waals surface area contributed by atoms with E-state index in [1.807, 2.05) is 12.1 Å². The molecule has 0 amide bonds. The van der Waals surface area contributed by atoms with Gasteiger partial charge in [0.2, 0.25) is 0 Å². The minimum absolute atomic E-state index is 0.598. The van der Waals surface area contributed by atoms with Gasteiger partial charge in [-0.2, -0.15) is 0 Å². The Morgan fingerprint density at radius 1 is 1.00 bits per heavy atom. The zero-order valence-corrected chi connectivity index (χ0v) is 12.2. The smallest absolute Gasteiger partial charge is 0.142 e. The first-order valence-corrected chi connectivity index (χ1v) is 7.47. The van der Waals surface area contributed by atoms with E-state index >= 15 is 0 Å². The van der Waals surface area contributed by atoms with E-state index in [-0.39, 0.29) is 0 Å². The number of halogens is 2. The Morgan fingerprint density at radius 3 is 2.37 bits per heavy atom. The molecule has 2 rings (SSSR count). The lowest BCUT2D eigenvalue weighted by molar-refractivity contribution is 0.691. The van der Waals surface area contributed by atoms with Crippen molar-refractivity contribution >= 4 is 46.0 Å². The van der Waals surface area contributed by atoms with Gasteiger partial charge in [0.25, 0.3) is 0 Å². The van der Waals surface area contributed by atoms with Crippen molar-refractivity contribution in [3.05, 3.63) is 69.5 Å². The van der Waals surface area contributed by atoms with Crippen LogP contribution in [0.5, 0.6) is 0 Å². The fourth-order valence-corrected chi connectivity index (χ4v) is 2.55. The van der Waals surface area contributed by atoms with Gasteiger partial charge < -0.3 is 4.72 Å². The van der Waals surface area contributed by atoms with Crippen LogP contribution < -0.4 is 4.72 Å². The van der Waals surface area contributed by atoms with E-state index in [1.54, 1.807) is 47.9 Å². The summed E-state index contributed by atoms with van der Waals surface area (Å²) in [6.45, 7) is 0. The van der Waals surface area contributed by atoms with Gasteiger partial charge in [0.05, 0.1) is 0 Å². The molecule has 1 unspecified atom stereocenters. The summed E-state index contributed by atoms with van der Waals surface area (Å²) in [5.74, 6) is 0. The van der Waals surface area contributed by atoms with Crippen molar-refractivity contribution in [1.29, 1.82) is 0 Å². The largest absolute Gasteiger partial charge is 0.302 e. The first-order chi connectivity index (χ1) is 9.13. The molecule has 0 aliphatic carbocycles. The normalized spacial score (nSPS) is 12.5. The summed E-state index contributed by atoms with van der Waals surface area (Å²) in [5.41, 5.74) is 1.61. The lowest BCUT2D eigenvalue weighted by Gasteiger charge is -2.02. The third kappa shape index (κ3) is 4.71. The molecule has 0 fully saturated rings. The van der Waals surface area contributed by atoms with Gasteiger partial charge in [-0.1, -0.05) is 41.4 Å².